The number of hydrogen-bond donors (Lipinski definition) is 0. The minimum Gasteiger partial charge on any atom is -0.494 e. The molecule has 8 nitrogen and oxygen atoms in total. The molecule has 36 heavy (non-hydrogen) atoms. The van der Waals surface area contributed by atoms with Crippen molar-refractivity contribution in [2.75, 3.05) is 58.0 Å². The third kappa shape index (κ3) is 6.42. The number of carbonyl (C=O) groups excluding carboxylic acids is 1. The Kier molecular flexibility index (Phi) is 8.13. The third-order valence-corrected chi connectivity index (χ3v) is 7.28. The number of aromatic nitrogens is 2. The molecule has 1 atom stereocenters. The van der Waals surface area contributed by atoms with Crippen molar-refractivity contribution in [1.29, 1.82) is 0 Å². The lowest BCUT2D eigenvalue weighted by Gasteiger charge is -2.28. The highest BCUT2D eigenvalue weighted by atomic mass is 16.5. The van der Waals surface area contributed by atoms with Gasteiger partial charge in [0.05, 0.1) is 32.8 Å². The summed E-state index contributed by atoms with van der Waals surface area (Å²) in [5, 5.41) is 0. The number of methoxy groups -OCH3 is 1. The summed E-state index contributed by atoms with van der Waals surface area (Å²) >= 11 is 0. The van der Waals surface area contributed by atoms with Crippen molar-refractivity contribution in [3.63, 3.8) is 0 Å². The van der Waals surface area contributed by atoms with E-state index in [1.54, 1.807) is 18.3 Å². The maximum atomic E-state index is 12.4. The molecule has 0 radical (unpaired) electrons. The van der Waals surface area contributed by atoms with Crippen molar-refractivity contribution in [3.05, 3.63) is 58.9 Å². The molecule has 0 bridgehead atoms. The summed E-state index contributed by atoms with van der Waals surface area (Å²) in [5.41, 5.74) is 5.29. The number of nitrogens with zero attached hydrogens (tertiary/aromatic N) is 4. The Morgan fingerprint density at radius 3 is 2.44 bits per heavy atom. The van der Waals surface area contributed by atoms with E-state index in [1.165, 1.54) is 6.42 Å². The minimum atomic E-state index is 0.166. The summed E-state index contributed by atoms with van der Waals surface area (Å²) in [6.07, 6.45) is 8.61. The predicted molar refractivity (Wildman–Crippen MR) is 137 cm³/mol. The van der Waals surface area contributed by atoms with Crippen molar-refractivity contribution in [2.45, 2.75) is 38.7 Å². The van der Waals surface area contributed by atoms with Crippen molar-refractivity contribution in [2.24, 2.45) is 5.92 Å². The summed E-state index contributed by atoms with van der Waals surface area (Å²) in [4.78, 5) is 25.6. The molecule has 1 saturated carbocycles. The number of ether oxygens (including phenoxy) is 3. The molecule has 2 saturated heterocycles. The molecule has 1 unspecified atom stereocenters. The second-order valence-corrected chi connectivity index (χ2v) is 9.79. The van der Waals surface area contributed by atoms with Gasteiger partial charge in [0.2, 0.25) is 11.9 Å². The molecule has 0 N–H and O–H groups in total. The average molecular weight is 493 g/mol. The second kappa shape index (κ2) is 11.8. The standard InChI is InChI=1S/C28H36N4O4/c1-34-20-22-18-29-28(30-19-22)32-9-6-23(7-10-32)26-17-24(26)8-13-36-25-4-2-21(3-5-25)16-27(33)31-11-14-35-15-12-31/h2-5,18-19,24H,6-17,20H2,1H3. The van der Waals surface area contributed by atoms with Crippen LogP contribution in [0.1, 0.15) is 36.8 Å². The van der Waals surface area contributed by atoms with Gasteiger partial charge in [-0.3, -0.25) is 4.79 Å². The summed E-state index contributed by atoms with van der Waals surface area (Å²) in [6, 6.07) is 7.96. The van der Waals surface area contributed by atoms with Crippen molar-refractivity contribution in [3.8, 4) is 5.75 Å². The van der Waals surface area contributed by atoms with Crippen LogP contribution in [0.25, 0.3) is 0 Å². The van der Waals surface area contributed by atoms with Gasteiger partial charge in [0, 0.05) is 51.2 Å². The molecule has 0 spiro atoms. The first kappa shape index (κ1) is 24.7. The molecule has 3 aliphatic rings. The topological polar surface area (TPSA) is 77.0 Å². The van der Waals surface area contributed by atoms with Gasteiger partial charge in [-0.1, -0.05) is 23.3 Å². The van der Waals surface area contributed by atoms with Crippen molar-refractivity contribution in [1.82, 2.24) is 14.9 Å². The van der Waals surface area contributed by atoms with Crippen LogP contribution >= 0.6 is 0 Å². The Morgan fingerprint density at radius 1 is 1.03 bits per heavy atom. The predicted octanol–water partition coefficient (Wildman–Crippen LogP) is 3.41. The SMILES string of the molecule is COCc1cnc(N2CCC(=C3CC3CCOc3ccc(CC(=O)N4CCOCC4)cc3)CC2)nc1. The van der Waals surface area contributed by atoms with Gasteiger partial charge in [0.15, 0.2) is 0 Å². The Bertz CT molecular complexity index is 1040. The Hall–Kier alpha value is -2.97. The normalized spacial score (nSPS) is 20.0. The van der Waals surface area contributed by atoms with Crippen molar-refractivity contribution < 1.29 is 19.0 Å². The average Bonchev–Trinajstić information content (AvgIpc) is 3.70. The largest absolute Gasteiger partial charge is 0.494 e. The summed E-state index contributed by atoms with van der Waals surface area (Å²) < 4.78 is 16.5. The molecule has 192 valence electrons. The molecular weight excluding hydrogens is 456 g/mol. The molecule has 1 aromatic carbocycles. The quantitative estimate of drug-likeness (QED) is 0.497. The zero-order valence-corrected chi connectivity index (χ0v) is 21.2. The Labute approximate surface area is 213 Å². The van der Waals surface area contributed by atoms with Crippen LogP contribution in [0, 0.1) is 5.92 Å². The third-order valence-electron chi connectivity index (χ3n) is 7.28. The van der Waals surface area contributed by atoms with Gasteiger partial charge >= 0.3 is 0 Å². The zero-order chi connectivity index (χ0) is 24.7. The van der Waals surface area contributed by atoms with E-state index in [2.05, 4.69) is 14.9 Å². The first-order valence-electron chi connectivity index (χ1n) is 13.0. The number of benzene rings is 1. The van der Waals surface area contributed by atoms with Gasteiger partial charge < -0.3 is 24.0 Å². The Morgan fingerprint density at radius 2 is 1.75 bits per heavy atom. The number of piperidine rings is 1. The fraction of sp³-hybridized carbons (Fsp3) is 0.536. The van der Waals surface area contributed by atoms with Crippen molar-refractivity contribution >= 4 is 11.9 Å². The van der Waals surface area contributed by atoms with E-state index in [1.807, 2.05) is 41.6 Å². The van der Waals surface area contributed by atoms with Gasteiger partial charge in [0.1, 0.15) is 5.75 Å². The van der Waals surface area contributed by atoms with E-state index in [9.17, 15) is 4.79 Å². The van der Waals surface area contributed by atoms with Gasteiger partial charge in [-0.2, -0.15) is 0 Å². The fourth-order valence-corrected chi connectivity index (χ4v) is 5.09. The zero-order valence-electron chi connectivity index (χ0n) is 21.2. The lowest BCUT2D eigenvalue weighted by atomic mass is 10.0. The number of rotatable bonds is 9. The van der Waals surface area contributed by atoms with Crippen LogP contribution in [0.2, 0.25) is 0 Å². The molecule has 5 rings (SSSR count). The van der Waals surface area contributed by atoms with E-state index in [4.69, 9.17) is 14.2 Å². The minimum absolute atomic E-state index is 0.166. The summed E-state index contributed by atoms with van der Waals surface area (Å²) in [6.45, 7) is 5.87. The van der Waals surface area contributed by atoms with Crippen LogP contribution in [0.5, 0.6) is 5.75 Å². The number of allylic oxidation sites excluding steroid dienone is 1. The van der Waals surface area contributed by atoms with Crippen LogP contribution in [0.3, 0.4) is 0 Å². The molecule has 1 aliphatic carbocycles. The second-order valence-electron chi connectivity index (χ2n) is 9.79. The van der Waals surface area contributed by atoms with Crippen LogP contribution in [0.15, 0.2) is 47.8 Å². The van der Waals surface area contributed by atoms with Crippen LogP contribution < -0.4 is 9.64 Å². The Balaban J connectivity index is 1.02. The first-order chi connectivity index (χ1) is 17.7. The highest BCUT2D eigenvalue weighted by Gasteiger charge is 2.33. The number of amides is 1. The number of hydrogen-bond acceptors (Lipinski definition) is 7. The van der Waals surface area contributed by atoms with Gasteiger partial charge in [-0.05, 0) is 49.3 Å². The molecule has 3 heterocycles. The summed E-state index contributed by atoms with van der Waals surface area (Å²) in [5.74, 6) is 2.52. The van der Waals surface area contributed by atoms with E-state index < -0.39 is 0 Å². The van der Waals surface area contributed by atoms with Gasteiger partial charge in [-0.25, -0.2) is 9.97 Å². The molecule has 2 aromatic rings. The molecule has 1 aromatic heterocycles. The molecule has 1 amide bonds. The smallest absolute Gasteiger partial charge is 0.227 e. The van der Waals surface area contributed by atoms with E-state index in [-0.39, 0.29) is 5.91 Å². The number of morpholine rings is 1. The van der Waals surface area contributed by atoms with Gasteiger partial charge in [0.25, 0.3) is 0 Å². The highest BCUT2D eigenvalue weighted by Crippen LogP contribution is 2.45. The number of carbonyl (C=O) groups is 1. The number of anilines is 1. The first-order valence-corrected chi connectivity index (χ1v) is 13.0. The monoisotopic (exact) mass is 492 g/mol. The van der Waals surface area contributed by atoms with Crippen LogP contribution in [-0.2, 0) is 27.3 Å². The maximum Gasteiger partial charge on any atom is 0.227 e. The van der Waals surface area contributed by atoms with Gasteiger partial charge in [-0.15, -0.1) is 0 Å². The van der Waals surface area contributed by atoms with E-state index in [0.717, 1.165) is 61.8 Å². The van der Waals surface area contributed by atoms with E-state index in [0.29, 0.717) is 45.2 Å². The molecule has 8 heteroatoms. The molecule has 3 fully saturated rings. The summed E-state index contributed by atoms with van der Waals surface area (Å²) in [7, 11) is 1.68. The maximum absolute atomic E-state index is 12.4. The van der Waals surface area contributed by atoms with Crippen LogP contribution in [-0.4, -0.2) is 73.9 Å². The molecular formula is C28H36N4O4. The fourth-order valence-electron chi connectivity index (χ4n) is 5.09. The molecule has 2 aliphatic heterocycles. The van der Waals surface area contributed by atoms with Crippen LogP contribution in [0.4, 0.5) is 5.95 Å². The lowest BCUT2D eigenvalue weighted by molar-refractivity contribution is -0.134. The highest BCUT2D eigenvalue weighted by molar-refractivity contribution is 5.78. The van der Waals surface area contributed by atoms with E-state index >= 15 is 0 Å². The lowest BCUT2D eigenvalue weighted by Crippen LogP contribution is -2.41.